The first-order chi connectivity index (χ1) is 12.7. The number of aliphatic hydroxyl groups is 6. The Bertz CT molecular complexity index is 487. The molecule has 2 fully saturated rings. The van der Waals surface area contributed by atoms with Crippen molar-refractivity contribution in [3.8, 4) is 0 Å². The first-order valence-corrected chi connectivity index (χ1v) is 8.35. The standard InChI is InChI=1S/C15H26O12/c1-5(17)24-4-7-9(19)13(12(22)14(23-2)26-7)27-15-11(21)10(20)8(18)6(3-16)25-15/h6-16,18-22H,3-4H2,1-2H3/t6-,7-,8-,9+,10+,11+,12-,13+,14-,15-/m1/s1. The molecule has 158 valence electrons. The molecule has 2 saturated heterocycles. The Morgan fingerprint density at radius 3 is 2.07 bits per heavy atom. The summed E-state index contributed by atoms with van der Waals surface area (Å²) < 4.78 is 25.8. The van der Waals surface area contributed by atoms with Crippen LogP contribution in [0.5, 0.6) is 0 Å². The Kier molecular flexibility index (Phi) is 7.88. The molecule has 2 aliphatic heterocycles. The molecule has 0 aromatic heterocycles. The topological polar surface area (TPSA) is 185 Å². The van der Waals surface area contributed by atoms with Crippen molar-refractivity contribution in [3.63, 3.8) is 0 Å². The van der Waals surface area contributed by atoms with E-state index in [0.29, 0.717) is 0 Å². The van der Waals surface area contributed by atoms with E-state index in [-0.39, 0.29) is 6.61 Å². The summed E-state index contributed by atoms with van der Waals surface area (Å²) in [5.74, 6) is -0.614. The van der Waals surface area contributed by atoms with E-state index in [9.17, 15) is 35.4 Å². The molecule has 2 rings (SSSR count). The first kappa shape index (κ1) is 22.4. The van der Waals surface area contributed by atoms with Crippen LogP contribution >= 0.6 is 0 Å². The van der Waals surface area contributed by atoms with Gasteiger partial charge in [0.15, 0.2) is 12.6 Å². The second-order valence-corrected chi connectivity index (χ2v) is 6.36. The Morgan fingerprint density at radius 1 is 0.889 bits per heavy atom. The molecule has 0 aromatic carbocycles. The minimum atomic E-state index is -1.72. The highest BCUT2D eigenvalue weighted by molar-refractivity contribution is 5.65. The predicted molar refractivity (Wildman–Crippen MR) is 83.0 cm³/mol. The fraction of sp³-hybridized carbons (Fsp3) is 0.933. The van der Waals surface area contributed by atoms with Gasteiger partial charge in [0.1, 0.15) is 55.4 Å². The van der Waals surface area contributed by atoms with Crippen LogP contribution in [0.15, 0.2) is 0 Å². The van der Waals surface area contributed by atoms with Crippen molar-refractivity contribution >= 4 is 5.97 Å². The van der Waals surface area contributed by atoms with Crippen molar-refractivity contribution in [1.82, 2.24) is 0 Å². The molecule has 10 atom stereocenters. The third-order valence-corrected chi connectivity index (χ3v) is 4.46. The summed E-state index contributed by atoms with van der Waals surface area (Å²) in [6, 6.07) is 0. The fourth-order valence-electron chi connectivity index (χ4n) is 2.93. The van der Waals surface area contributed by atoms with Crippen LogP contribution in [0, 0.1) is 0 Å². The summed E-state index contributed by atoms with van der Waals surface area (Å²) in [5.41, 5.74) is 0. The number of rotatable bonds is 6. The molecule has 0 saturated carbocycles. The summed E-state index contributed by atoms with van der Waals surface area (Å²) in [4.78, 5) is 11.0. The molecule has 2 aliphatic rings. The van der Waals surface area contributed by atoms with Crippen LogP contribution in [0.2, 0.25) is 0 Å². The van der Waals surface area contributed by atoms with Crippen molar-refractivity contribution in [2.75, 3.05) is 20.3 Å². The molecule has 0 aliphatic carbocycles. The molecule has 12 nitrogen and oxygen atoms in total. The lowest BCUT2D eigenvalue weighted by Gasteiger charge is -2.45. The first-order valence-electron chi connectivity index (χ1n) is 8.35. The number of esters is 1. The zero-order valence-electron chi connectivity index (χ0n) is 14.8. The number of carbonyl (C=O) groups is 1. The van der Waals surface area contributed by atoms with Gasteiger partial charge in [-0.15, -0.1) is 0 Å². The van der Waals surface area contributed by atoms with Crippen molar-refractivity contribution in [1.29, 1.82) is 0 Å². The van der Waals surface area contributed by atoms with Gasteiger partial charge >= 0.3 is 5.97 Å². The lowest BCUT2D eigenvalue weighted by atomic mass is 9.97. The molecule has 0 amide bonds. The largest absolute Gasteiger partial charge is 0.463 e. The molecule has 0 aromatic rings. The summed E-state index contributed by atoms with van der Waals surface area (Å²) in [6.45, 7) is 0.150. The van der Waals surface area contributed by atoms with Crippen LogP contribution in [0.4, 0.5) is 0 Å². The fourth-order valence-corrected chi connectivity index (χ4v) is 2.93. The van der Waals surface area contributed by atoms with Gasteiger partial charge in [0.25, 0.3) is 0 Å². The summed E-state index contributed by atoms with van der Waals surface area (Å²) >= 11 is 0. The normalized spacial score (nSPS) is 45.5. The quantitative estimate of drug-likeness (QED) is 0.238. The Hall–Kier alpha value is -0.930. The SMILES string of the molecule is CO[C@@H]1O[C@H](COC(C)=O)[C@H](O)[C@H](O[C@H]2O[C@H](CO)[C@@H](O)[C@H](O)[C@@H]2O)[C@H]1O. The molecule has 0 spiro atoms. The Labute approximate surface area is 154 Å². The molecule has 6 N–H and O–H groups in total. The van der Waals surface area contributed by atoms with Gasteiger partial charge in [0, 0.05) is 14.0 Å². The van der Waals surface area contributed by atoms with Crippen molar-refractivity contribution in [2.45, 2.75) is 68.3 Å². The maximum absolute atomic E-state index is 11.0. The molecular weight excluding hydrogens is 372 g/mol. The monoisotopic (exact) mass is 398 g/mol. The van der Waals surface area contributed by atoms with Gasteiger partial charge < -0.3 is 54.3 Å². The van der Waals surface area contributed by atoms with Gasteiger partial charge in [-0.1, -0.05) is 0 Å². The van der Waals surface area contributed by atoms with Crippen LogP contribution < -0.4 is 0 Å². The number of ether oxygens (including phenoxy) is 5. The highest BCUT2D eigenvalue weighted by Crippen LogP contribution is 2.29. The predicted octanol–water partition coefficient (Wildman–Crippen LogP) is -4.17. The second kappa shape index (κ2) is 9.52. The van der Waals surface area contributed by atoms with Gasteiger partial charge in [-0.05, 0) is 0 Å². The zero-order chi connectivity index (χ0) is 20.3. The maximum Gasteiger partial charge on any atom is 0.302 e. The number of hydrogen-bond acceptors (Lipinski definition) is 12. The van der Waals surface area contributed by atoms with Crippen LogP contribution in [0.3, 0.4) is 0 Å². The lowest BCUT2D eigenvalue weighted by molar-refractivity contribution is -0.358. The molecule has 2 heterocycles. The number of methoxy groups -OCH3 is 1. The molecule has 0 bridgehead atoms. The van der Waals surface area contributed by atoms with Crippen molar-refractivity contribution in [3.05, 3.63) is 0 Å². The van der Waals surface area contributed by atoms with E-state index in [1.54, 1.807) is 0 Å². The number of hydrogen-bond donors (Lipinski definition) is 6. The van der Waals surface area contributed by atoms with E-state index in [2.05, 4.69) is 0 Å². The number of carbonyl (C=O) groups excluding carboxylic acids is 1. The van der Waals surface area contributed by atoms with Crippen LogP contribution in [0.25, 0.3) is 0 Å². The van der Waals surface area contributed by atoms with E-state index < -0.39 is 74.0 Å². The molecular formula is C15H26O12. The van der Waals surface area contributed by atoms with Gasteiger partial charge in [0.2, 0.25) is 0 Å². The van der Waals surface area contributed by atoms with Gasteiger partial charge in [-0.25, -0.2) is 0 Å². The third-order valence-electron chi connectivity index (χ3n) is 4.46. The van der Waals surface area contributed by atoms with E-state index in [4.69, 9.17) is 23.7 Å². The smallest absolute Gasteiger partial charge is 0.302 e. The van der Waals surface area contributed by atoms with E-state index >= 15 is 0 Å². The second-order valence-electron chi connectivity index (χ2n) is 6.36. The average molecular weight is 398 g/mol. The van der Waals surface area contributed by atoms with Gasteiger partial charge in [-0.2, -0.15) is 0 Å². The zero-order valence-corrected chi connectivity index (χ0v) is 14.8. The highest BCUT2D eigenvalue weighted by atomic mass is 16.7. The van der Waals surface area contributed by atoms with Crippen LogP contribution in [0.1, 0.15) is 6.92 Å². The lowest BCUT2D eigenvalue weighted by Crippen LogP contribution is -2.64. The van der Waals surface area contributed by atoms with E-state index in [1.165, 1.54) is 14.0 Å². The molecule has 12 heteroatoms. The van der Waals surface area contributed by atoms with Crippen molar-refractivity contribution in [2.24, 2.45) is 0 Å². The third kappa shape index (κ3) is 4.92. The van der Waals surface area contributed by atoms with Crippen molar-refractivity contribution < 1.29 is 59.1 Å². The van der Waals surface area contributed by atoms with E-state index in [1.807, 2.05) is 0 Å². The minimum Gasteiger partial charge on any atom is -0.463 e. The van der Waals surface area contributed by atoms with Crippen LogP contribution in [-0.2, 0) is 28.5 Å². The average Bonchev–Trinajstić information content (AvgIpc) is 2.64. The van der Waals surface area contributed by atoms with Gasteiger partial charge in [0.05, 0.1) is 6.61 Å². The maximum atomic E-state index is 11.0. The summed E-state index contributed by atoms with van der Waals surface area (Å²) in [7, 11) is 1.24. The molecule has 0 unspecified atom stereocenters. The Balaban J connectivity index is 2.14. The summed E-state index contributed by atoms with van der Waals surface area (Å²) in [6.07, 6.45) is -14.6. The minimum absolute atomic E-state index is 0.350. The van der Waals surface area contributed by atoms with Crippen LogP contribution in [-0.4, -0.2) is 118 Å². The van der Waals surface area contributed by atoms with E-state index in [0.717, 1.165) is 0 Å². The molecule has 0 radical (unpaired) electrons. The molecule has 27 heavy (non-hydrogen) atoms. The highest BCUT2D eigenvalue weighted by Gasteiger charge is 2.50. The summed E-state index contributed by atoms with van der Waals surface area (Å²) in [5, 5.41) is 59.6. The number of aliphatic hydroxyl groups excluding tert-OH is 6. The Morgan fingerprint density at radius 2 is 1.52 bits per heavy atom. The van der Waals surface area contributed by atoms with Gasteiger partial charge in [-0.3, -0.25) is 4.79 Å².